The summed E-state index contributed by atoms with van der Waals surface area (Å²) < 4.78 is 12.2. The van der Waals surface area contributed by atoms with Crippen molar-refractivity contribution in [3.63, 3.8) is 0 Å². The van der Waals surface area contributed by atoms with Gasteiger partial charge in [-0.2, -0.15) is 0 Å². The molecule has 0 N–H and O–H groups in total. The fourth-order valence-corrected chi connectivity index (χ4v) is 0.610. The molecule has 0 aliphatic carbocycles. The predicted molar refractivity (Wildman–Crippen MR) is 43.4 cm³/mol. The lowest BCUT2D eigenvalue weighted by Gasteiger charge is -1.87. The molecule has 0 saturated heterocycles. The van der Waals surface area contributed by atoms with E-state index >= 15 is 0 Å². The summed E-state index contributed by atoms with van der Waals surface area (Å²) in [6.45, 7) is 5.23. The van der Waals surface area contributed by atoms with Crippen LogP contribution in [0.4, 0.5) is 4.39 Å². The molecule has 10 heavy (non-hydrogen) atoms. The van der Waals surface area contributed by atoms with Crippen LogP contribution in [0.15, 0.2) is 35.7 Å². The molecule has 56 valence electrons. The van der Waals surface area contributed by atoms with Crippen LogP contribution < -0.4 is 0 Å². The fraction of sp³-hybridized carbons (Fsp3) is 0.333. The molecule has 0 aromatic heterocycles. The predicted octanol–water partition coefficient (Wildman–Crippen LogP) is 3.38. The highest BCUT2D eigenvalue weighted by Crippen LogP contribution is 2.01. The average Bonchev–Trinajstić information content (AvgIpc) is 1.82. The Morgan fingerprint density at radius 1 is 1.30 bits per heavy atom. The van der Waals surface area contributed by atoms with Crippen molar-refractivity contribution in [1.82, 2.24) is 0 Å². The van der Waals surface area contributed by atoms with Crippen molar-refractivity contribution >= 4 is 0 Å². The monoisotopic (exact) mass is 140 g/mol. The molecule has 0 fully saturated rings. The largest absolute Gasteiger partial charge is 0.212 e. The Kier molecular flexibility index (Phi) is 4.55. The van der Waals surface area contributed by atoms with Crippen molar-refractivity contribution in [3.05, 3.63) is 35.7 Å². The standard InChI is InChI=1S/C9H13F/c1-4-5-6-8(2)7-9(3)10/h4-7H,1-3H3/b5-4-,8-6-,9-7+. The van der Waals surface area contributed by atoms with E-state index in [-0.39, 0.29) is 5.83 Å². The summed E-state index contributed by atoms with van der Waals surface area (Å²) in [5.74, 6) is -0.154. The van der Waals surface area contributed by atoms with E-state index in [9.17, 15) is 4.39 Å². The van der Waals surface area contributed by atoms with Crippen LogP contribution in [0.25, 0.3) is 0 Å². The highest BCUT2D eigenvalue weighted by molar-refractivity contribution is 5.22. The minimum absolute atomic E-state index is 0.154. The van der Waals surface area contributed by atoms with Gasteiger partial charge >= 0.3 is 0 Å². The van der Waals surface area contributed by atoms with E-state index in [1.807, 2.05) is 32.1 Å². The van der Waals surface area contributed by atoms with Crippen LogP contribution in [0.1, 0.15) is 20.8 Å². The van der Waals surface area contributed by atoms with Gasteiger partial charge in [0, 0.05) is 0 Å². The van der Waals surface area contributed by atoms with Crippen molar-refractivity contribution in [2.75, 3.05) is 0 Å². The Balaban J connectivity index is 4.08. The SMILES string of the molecule is C\C=C/C=C(C)\C=C(/C)F. The third-order valence-corrected chi connectivity index (χ3v) is 0.978. The van der Waals surface area contributed by atoms with E-state index in [1.165, 1.54) is 13.0 Å². The molecule has 0 heterocycles. The Morgan fingerprint density at radius 2 is 1.90 bits per heavy atom. The first-order chi connectivity index (χ1) is 4.66. The maximum absolute atomic E-state index is 12.2. The van der Waals surface area contributed by atoms with E-state index in [0.29, 0.717) is 0 Å². The van der Waals surface area contributed by atoms with Crippen molar-refractivity contribution in [2.45, 2.75) is 20.8 Å². The van der Waals surface area contributed by atoms with Crippen LogP contribution in [0.2, 0.25) is 0 Å². The fourth-order valence-electron chi connectivity index (χ4n) is 0.610. The van der Waals surface area contributed by atoms with E-state index in [4.69, 9.17) is 0 Å². The van der Waals surface area contributed by atoms with Gasteiger partial charge in [0.2, 0.25) is 0 Å². The van der Waals surface area contributed by atoms with Gasteiger partial charge in [0.15, 0.2) is 0 Å². The average molecular weight is 140 g/mol. The third-order valence-electron chi connectivity index (χ3n) is 0.978. The van der Waals surface area contributed by atoms with Gasteiger partial charge in [-0.3, -0.25) is 0 Å². The highest BCUT2D eigenvalue weighted by Gasteiger charge is 1.82. The van der Waals surface area contributed by atoms with Crippen molar-refractivity contribution < 1.29 is 4.39 Å². The van der Waals surface area contributed by atoms with Crippen molar-refractivity contribution in [2.24, 2.45) is 0 Å². The summed E-state index contributed by atoms with van der Waals surface area (Å²) in [6.07, 6.45) is 7.16. The quantitative estimate of drug-likeness (QED) is 0.516. The van der Waals surface area contributed by atoms with Gasteiger partial charge in [-0.25, -0.2) is 4.39 Å². The maximum atomic E-state index is 12.2. The molecule has 0 aromatic carbocycles. The van der Waals surface area contributed by atoms with E-state index in [2.05, 4.69) is 0 Å². The Morgan fingerprint density at radius 3 is 2.30 bits per heavy atom. The van der Waals surface area contributed by atoms with Crippen molar-refractivity contribution in [1.29, 1.82) is 0 Å². The first kappa shape index (κ1) is 9.15. The minimum atomic E-state index is -0.154. The number of rotatable bonds is 2. The molecule has 0 aromatic rings. The molecule has 0 atom stereocenters. The molecule has 0 amide bonds. The minimum Gasteiger partial charge on any atom is -0.212 e. The Labute approximate surface area is 61.8 Å². The van der Waals surface area contributed by atoms with Gasteiger partial charge in [-0.15, -0.1) is 0 Å². The molecule has 0 aliphatic rings. The second-order valence-corrected chi connectivity index (χ2v) is 2.17. The lowest BCUT2D eigenvalue weighted by Crippen LogP contribution is -1.67. The third kappa shape index (κ3) is 5.29. The molecule has 0 spiro atoms. The number of hydrogen-bond donors (Lipinski definition) is 0. The molecule has 0 nitrogen and oxygen atoms in total. The van der Waals surface area contributed by atoms with Gasteiger partial charge in [-0.05, 0) is 32.4 Å². The Hall–Kier alpha value is -0.850. The lowest BCUT2D eigenvalue weighted by molar-refractivity contribution is 0.639. The van der Waals surface area contributed by atoms with Gasteiger partial charge in [0.1, 0.15) is 0 Å². The van der Waals surface area contributed by atoms with Crippen LogP contribution in [0.5, 0.6) is 0 Å². The van der Waals surface area contributed by atoms with Crippen LogP contribution >= 0.6 is 0 Å². The lowest BCUT2D eigenvalue weighted by atomic mass is 10.2. The summed E-state index contributed by atoms with van der Waals surface area (Å²) >= 11 is 0. The summed E-state index contributed by atoms with van der Waals surface area (Å²) in [4.78, 5) is 0. The molecular weight excluding hydrogens is 127 g/mol. The van der Waals surface area contributed by atoms with Crippen LogP contribution in [0, 0.1) is 0 Å². The molecule has 0 saturated carbocycles. The zero-order chi connectivity index (χ0) is 7.98. The summed E-state index contributed by atoms with van der Waals surface area (Å²) in [5.41, 5.74) is 0.929. The maximum Gasteiger partial charge on any atom is 0.0971 e. The topological polar surface area (TPSA) is 0 Å². The van der Waals surface area contributed by atoms with Gasteiger partial charge < -0.3 is 0 Å². The van der Waals surface area contributed by atoms with Crippen LogP contribution in [0.3, 0.4) is 0 Å². The summed E-state index contributed by atoms with van der Waals surface area (Å²) in [6, 6.07) is 0. The highest BCUT2D eigenvalue weighted by atomic mass is 19.1. The molecule has 0 bridgehead atoms. The molecule has 0 radical (unpaired) electrons. The molecule has 1 heteroatoms. The summed E-state index contributed by atoms with van der Waals surface area (Å²) in [7, 11) is 0. The second-order valence-electron chi connectivity index (χ2n) is 2.17. The van der Waals surface area contributed by atoms with Gasteiger partial charge in [0.05, 0.1) is 5.83 Å². The first-order valence-corrected chi connectivity index (χ1v) is 3.30. The number of halogens is 1. The zero-order valence-electron chi connectivity index (χ0n) is 6.69. The number of hydrogen-bond acceptors (Lipinski definition) is 0. The van der Waals surface area contributed by atoms with Crippen LogP contribution in [-0.2, 0) is 0 Å². The van der Waals surface area contributed by atoms with Gasteiger partial charge in [-0.1, -0.05) is 18.2 Å². The second kappa shape index (κ2) is 4.98. The zero-order valence-corrected chi connectivity index (χ0v) is 6.69. The normalized spacial score (nSPS) is 14.8. The van der Waals surface area contributed by atoms with Crippen molar-refractivity contribution in [3.8, 4) is 0 Å². The molecule has 0 aliphatic heterocycles. The Bertz CT molecular complexity index is 169. The summed E-state index contributed by atoms with van der Waals surface area (Å²) in [5, 5.41) is 0. The van der Waals surface area contributed by atoms with E-state index in [1.54, 1.807) is 0 Å². The molecule has 0 rings (SSSR count). The van der Waals surface area contributed by atoms with E-state index in [0.717, 1.165) is 5.57 Å². The smallest absolute Gasteiger partial charge is 0.0971 e. The molecule has 0 unspecified atom stereocenters. The first-order valence-electron chi connectivity index (χ1n) is 3.30. The molecular formula is C9H13F. The van der Waals surface area contributed by atoms with Crippen LogP contribution in [-0.4, -0.2) is 0 Å². The van der Waals surface area contributed by atoms with E-state index < -0.39 is 0 Å². The van der Waals surface area contributed by atoms with Gasteiger partial charge in [0.25, 0.3) is 0 Å². The number of allylic oxidation sites excluding steroid dienone is 6.